The summed E-state index contributed by atoms with van der Waals surface area (Å²) in [5.41, 5.74) is 3.16. The Balaban J connectivity index is 1.72. The fraction of sp³-hybridized carbons (Fsp3) is 0.125. The number of anilines is 1. The van der Waals surface area contributed by atoms with E-state index < -0.39 is 41.6 Å². The molecule has 0 radical (unpaired) electrons. The lowest BCUT2D eigenvalue weighted by molar-refractivity contribution is -0.140. The number of primary amides is 1. The number of aromatic nitrogens is 4. The van der Waals surface area contributed by atoms with Crippen molar-refractivity contribution in [2.75, 3.05) is 5.32 Å². The van der Waals surface area contributed by atoms with Gasteiger partial charge in [0.2, 0.25) is 0 Å². The molecule has 0 saturated carbocycles. The summed E-state index contributed by atoms with van der Waals surface area (Å²) in [5, 5.41) is 6.21. The number of aryl methyl sites for hydroxylation is 1. The third-order valence-electron chi connectivity index (χ3n) is 5.67. The Bertz CT molecular complexity index is 1780. The van der Waals surface area contributed by atoms with Gasteiger partial charge >= 0.3 is 6.18 Å². The standard InChI is InChI=1S/C24H14F6N6O2S/c1-9-6-14(19(26)27)36-21(33-9)13(8-32-36)22(38)35-17-16-12(10-2-4-11(25)5-3-10)7-15(24(28,29)30)34-23(16)39-18(17)20(31)37/h2-8,19H,1H3,(H2,31,37)(H,35,38). The van der Waals surface area contributed by atoms with Crippen LogP contribution in [0, 0.1) is 12.7 Å². The number of pyridine rings is 1. The SMILES string of the molecule is Cc1cc(C(F)F)n2ncc(C(=O)Nc3c(C(N)=O)sc4nc(C(F)(F)F)cc(-c5ccc(F)cc5)c34)c2n1. The minimum Gasteiger partial charge on any atom is -0.365 e. The van der Waals surface area contributed by atoms with Crippen LogP contribution in [0.15, 0.2) is 42.6 Å². The zero-order valence-electron chi connectivity index (χ0n) is 19.5. The summed E-state index contributed by atoms with van der Waals surface area (Å²) in [6, 6.07) is 6.31. The van der Waals surface area contributed by atoms with Gasteiger partial charge in [0.15, 0.2) is 5.65 Å². The number of nitrogens with one attached hydrogen (secondary N) is 1. The summed E-state index contributed by atoms with van der Waals surface area (Å²) in [4.78, 5) is 32.7. The van der Waals surface area contributed by atoms with Gasteiger partial charge in [0, 0.05) is 11.1 Å². The number of benzene rings is 1. The normalized spacial score (nSPS) is 12.0. The summed E-state index contributed by atoms with van der Waals surface area (Å²) >= 11 is 0.516. The van der Waals surface area contributed by atoms with Crippen molar-refractivity contribution in [3.05, 3.63) is 75.9 Å². The van der Waals surface area contributed by atoms with E-state index in [2.05, 4.69) is 20.4 Å². The number of alkyl halides is 5. The summed E-state index contributed by atoms with van der Waals surface area (Å²) in [5.74, 6) is -2.66. The highest BCUT2D eigenvalue weighted by Crippen LogP contribution is 2.44. The molecule has 1 aromatic carbocycles. The van der Waals surface area contributed by atoms with Crippen LogP contribution in [0.5, 0.6) is 0 Å². The van der Waals surface area contributed by atoms with Gasteiger partial charge in [0.05, 0.1) is 11.9 Å². The molecule has 0 bridgehead atoms. The third-order valence-corrected chi connectivity index (χ3v) is 6.76. The molecule has 5 rings (SSSR count). The number of hydrogen-bond acceptors (Lipinski definition) is 6. The summed E-state index contributed by atoms with van der Waals surface area (Å²) in [7, 11) is 0. The molecule has 2 amide bonds. The molecule has 39 heavy (non-hydrogen) atoms. The average Bonchev–Trinajstić information content (AvgIpc) is 3.44. The van der Waals surface area contributed by atoms with Gasteiger partial charge in [-0.25, -0.2) is 27.7 Å². The molecule has 0 aliphatic heterocycles. The Labute approximate surface area is 218 Å². The number of carbonyl (C=O) groups is 2. The van der Waals surface area contributed by atoms with Crippen molar-refractivity contribution in [3.8, 4) is 11.1 Å². The smallest absolute Gasteiger partial charge is 0.365 e. The summed E-state index contributed by atoms with van der Waals surface area (Å²) in [6.07, 6.45) is -6.81. The van der Waals surface area contributed by atoms with Crippen LogP contribution in [0.3, 0.4) is 0 Å². The van der Waals surface area contributed by atoms with Gasteiger partial charge in [-0.2, -0.15) is 18.3 Å². The maximum atomic E-state index is 13.7. The van der Waals surface area contributed by atoms with E-state index in [9.17, 15) is 35.9 Å². The van der Waals surface area contributed by atoms with Crippen LogP contribution in [0.1, 0.15) is 43.5 Å². The fourth-order valence-electron chi connectivity index (χ4n) is 4.00. The van der Waals surface area contributed by atoms with Crippen LogP contribution in [-0.4, -0.2) is 31.4 Å². The maximum absolute atomic E-state index is 13.7. The van der Waals surface area contributed by atoms with Crippen LogP contribution in [-0.2, 0) is 6.18 Å². The minimum absolute atomic E-state index is 0.0596. The molecule has 0 saturated heterocycles. The lowest BCUT2D eigenvalue weighted by atomic mass is 10.0. The first-order valence-electron chi connectivity index (χ1n) is 10.9. The van der Waals surface area contributed by atoms with Crippen LogP contribution in [0.4, 0.5) is 32.0 Å². The first-order valence-corrected chi connectivity index (χ1v) is 11.7. The Morgan fingerprint density at radius 3 is 2.41 bits per heavy atom. The Kier molecular flexibility index (Phi) is 6.25. The highest BCUT2D eigenvalue weighted by molar-refractivity contribution is 7.21. The van der Waals surface area contributed by atoms with Crippen molar-refractivity contribution in [3.63, 3.8) is 0 Å². The van der Waals surface area contributed by atoms with Crippen molar-refractivity contribution in [1.82, 2.24) is 19.6 Å². The second-order valence-electron chi connectivity index (χ2n) is 8.28. The van der Waals surface area contributed by atoms with E-state index in [0.29, 0.717) is 17.4 Å². The molecule has 15 heteroatoms. The monoisotopic (exact) mass is 564 g/mol. The van der Waals surface area contributed by atoms with Crippen molar-refractivity contribution in [2.45, 2.75) is 19.5 Å². The summed E-state index contributed by atoms with van der Waals surface area (Å²) < 4.78 is 82.3. The molecule has 4 heterocycles. The molecule has 3 N–H and O–H groups in total. The largest absolute Gasteiger partial charge is 0.433 e. The molecular weight excluding hydrogens is 550 g/mol. The second kappa shape index (κ2) is 9.34. The zero-order chi connectivity index (χ0) is 28.2. The van der Waals surface area contributed by atoms with E-state index in [1.165, 1.54) is 19.1 Å². The molecule has 4 aromatic heterocycles. The maximum Gasteiger partial charge on any atom is 0.433 e. The van der Waals surface area contributed by atoms with Gasteiger partial charge < -0.3 is 11.1 Å². The molecule has 0 aliphatic rings. The van der Waals surface area contributed by atoms with Gasteiger partial charge in [-0.3, -0.25) is 9.59 Å². The van der Waals surface area contributed by atoms with Crippen LogP contribution in [0.25, 0.3) is 27.0 Å². The van der Waals surface area contributed by atoms with E-state index in [0.717, 1.165) is 28.9 Å². The number of hydrogen-bond donors (Lipinski definition) is 2. The Morgan fingerprint density at radius 1 is 1.10 bits per heavy atom. The quantitative estimate of drug-likeness (QED) is 0.264. The molecule has 0 unspecified atom stereocenters. The second-order valence-corrected chi connectivity index (χ2v) is 9.28. The number of carbonyl (C=O) groups excluding carboxylic acids is 2. The van der Waals surface area contributed by atoms with E-state index in [1.807, 2.05) is 0 Å². The van der Waals surface area contributed by atoms with Gasteiger partial charge in [-0.1, -0.05) is 12.1 Å². The van der Waals surface area contributed by atoms with Crippen molar-refractivity contribution < 1.29 is 35.9 Å². The molecule has 200 valence electrons. The van der Waals surface area contributed by atoms with Gasteiger partial charge in [0.1, 0.15) is 32.5 Å². The van der Waals surface area contributed by atoms with Crippen molar-refractivity contribution in [1.29, 1.82) is 0 Å². The van der Waals surface area contributed by atoms with Gasteiger partial charge in [-0.15, -0.1) is 11.3 Å². The van der Waals surface area contributed by atoms with E-state index in [1.54, 1.807) is 0 Å². The first-order chi connectivity index (χ1) is 18.3. The third kappa shape index (κ3) is 4.65. The number of rotatable bonds is 5. The lowest BCUT2D eigenvalue weighted by Gasteiger charge is -2.12. The molecule has 0 spiro atoms. The first kappa shape index (κ1) is 26.1. The molecule has 0 fully saturated rings. The number of nitrogens with zero attached hydrogens (tertiary/aromatic N) is 4. The van der Waals surface area contributed by atoms with Crippen LogP contribution < -0.4 is 11.1 Å². The molecule has 8 nitrogen and oxygen atoms in total. The van der Waals surface area contributed by atoms with E-state index >= 15 is 0 Å². The molecule has 0 atom stereocenters. The van der Waals surface area contributed by atoms with Gasteiger partial charge in [0.25, 0.3) is 18.2 Å². The highest BCUT2D eigenvalue weighted by Gasteiger charge is 2.35. The highest BCUT2D eigenvalue weighted by atomic mass is 32.1. The van der Waals surface area contributed by atoms with Crippen LogP contribution >= 0.6 is 11.3 Å². The predicted molar refractivity (Wildman–Crippen MR) is 129 cm³/mol. The molecule has 0 aliphatic carbocycles. The van der Waals surface area contributed by atoms with E-state index in [-0.39, 0.29) is 48.8 Å². The Hall–Kier alpha value is -4.53. The number of fused-ring (bicyclic) bond motifs is 2. The minimum atomic E-state index is -4.87. The predicted octanol–water partition coefficient (Wildman–Crippen LogP) is 5.76. The van der Waals surface area contributed by atoms with Crippen molar-refractivity contribution >= 4 is 44.7 Å². The summed E-state index contributed by atoms with van der Waals surface area (Å²) in [6.45, 7) is 1.44. The van der Waals surface area contributed by atoms with E-state index in [4.69, 9.17) is 5.73 Å². The number of halogens is 6. The lowest BCUT2D eigenvalue weighted by Crippen LogP contribution is -2.17. The van der Waals surface area contributed by atoms with Gasteiger partial charge in [-0.05, 0) is 42.3 Å². The fourth-order valence-corrected chi connectivity index (χ4v) is 5.01. The molecular formula is C24H14F6N6O2S. The van der Waals surface area contributed by atoms with Crippen LogP contribution in [0.2, 0.25) is 0 Å². The van der Waals surface area contributed by atoms with Crippen molar-refractivity contribution in [2.24, 2.45) is 5.73 Å². The number of amides is 2. The number of thiophene rings is 1. The number of nitrogens with two attached hydrogens (primary N) is 1. The topological polar surface area (TPSA) is 115 Å². The Morgan fingerprint density at radius 2 is 1.79 bits per heavy atom. The average molecular weight is 564 g/mol. The zero-order valence-corrected chi connectivity index (χ0v) is 20.3. The molecule has 5 aromatic rings.